The van der Waals surface area contributed by atoms with Gasteiger partial charge < -0.3 is 10.6 Å². The van der Waals surface area contributed by atoms with E-state index in [9.17, 15) is 17.6 Å². The van der Waals surface area contributed by atoms with Crippen LogP contribution in [0.5, 0.6) is 0 Å². The fourth-order valence-electron chi connectivity index (χ4n) is 4.77. The molecule has 0 aliphatic carbocycles. The molecule has 2 N–H and O–H groups in total. The van der Waals surface area contributed by atoms with E-state index in [-0.39, 0.29) is 21.7 Å². The molecule has 49 heavy (non-hydrogen) atoms. The van der Waals surface area contributed by atoms with Gasteiger partial charge in [-0.1, -0.05) is 104 Å². The van der Waals surface area contributed by atoms with Gasteiger partial charge in [0.25, 0.3) is 0 Å². The van der Waals surface area contributed by atoms with Crippen LogP contribution in [0.2, 0.25) is 0 Å². The van der Waals surface area contributed by atoms with Crippen LogP contribution in [0, 0.1) is 35.4 Å². The molecule has 0 bridgehead atoms. The van der Waals surface area contributed by atoms with Gasteiger partial charge in [-0.15, -0.1) is 36.4 Å². The van der Waals surface area contributed by atoms with Crippen molar-refractivity contribution in [2.45, 2.75) is 117 Å². The summed E-state index contributed by atoms with van der Waals surface area (Å²) >= 11 is 0. The fraction of sp³-hybridized carbons (Fsp3) is 0.476. The zero-order valence-electron chi connectivity index (χ0n) is 29.8. The molecule has 0 saturated heterocycles. The molecule has 2 nitrogen and oxygen atoms in total. The van der Waals surface area contributed by atoms with Gasteiger partial charge in [-0.05, 0) is 24.2 Å². The number of halogens is 4. The van der Waals surface area contributed by atoms with E-state index in [1.807, 2.05) is 72.8 Å². The van der Waals surface area contributed by atoms with Gasteiger partial charge >= 0.3 is 21.7 Å². The van der Waals surface area contributed by atoms with Crippen molar-refractivity contribution in [3.8, 4) is 0 Å². The van der Waals surface area contributed by atoms with E-state index in [0.717, 1.165) is 38.8 Å². The van der Waals surface area contributed by atoms with E-state index in [2.05, 4.69) is 24.5 Å². The summed E-state index contributed by atoms with van der Waals surface area (Å²) in [5, 5.41) is 5.96. The number of anilines is 2. The van der Waals surface area contributed by atoms with Crippen LogP contribution >= 0.6 is 0 Å². The second-order valence-corrected chi connectivity index (χ2v) is 11.8. The van der Waals surface area contributed by atoms with Gasteiger partial charge in [0.2, 0.25) is 0 Å². The molecule has 0 spiro atoms. The number of unbranched alkanes of at least 4 members (excludes halogenated alkanes) is 14. The molecule has 0 fully saturated rings. The molecule has 0 amide bonds. The van der Waals surface area contributed by atoms with Gasteiger partial charge in [-0.3, -0.25) is 0 Å². The van der Waals surface area contributed by atoms with E-state index < -0.39 is 23.3 Å². The van der Waals surface area contributed by atoms with Crippen molar-refractivity contribution >= 4 is 11.4 Å². The Morgan fingerprint density at radius 3 is 1.04 bits per heavy atom. The molecule has 0 aliphatic rings. The first kappa shape index (κ1) is 46.2. The van der Waals surface area contributed by atoms with Crippen molar-refractivity contribution in [2.75, 3.05) is 23.7 Å². The number of hydrogen-bond donors (Lipinski definition) is 2. The quantitative estimate of drug-likeness (QED) is 0.0412. The summed E-state index contributed by atoms with van der Waals surface area (Å²) in [5.74, 6) is -2.59. The second-order valence-electron chi connectivity index (χ2n) is 11.8. The zero-order chi connectivity index (χ0) is 34.9. The first-order chi connectivity index (χ1) is 23.5. The van der Waals surface area contributed by atoms with Crippen LogP contribution in [-0.2, 0) is 21.7 Å². The van der Waals surface area contributed by atoms with Crippen LogP contribution in [0.15, 0.2) is 84.9 Å². The number of benzene rings is 2. The third-order valence-electron chi connectivity index (χ3n) is 7.53. The second kappa shape index (κ2) is 33.7. The van der Waals surface area contributed by atoms with Gasteiger partial charge in [0.05, 0.1) is 0 Å². The van der Waals surface area contributed by atoms with Crippen LogP contribution in [0.3, 0.4) is 0 Å². The SMILES string of the molecule is CCCCCCCCCCNc1ccc(F)[c-]c1F.CCCCCCCCCCNc1ccc(F)[c-]c1F.[Ti+4].c1cc[cH-]c1.c1cc[cH-]c1. The molecule has 7 heteroatoms. The Labute approximate surface area is 310 Å². The Balaban J connectivity index is 0.000000717. The zero-order valence-corrected chi connectivity index (χ0v) is 31.4. The predicted octanol–water partition coefficient (Wildman–Crippen LogP) is 13.4. The standard InChI is InChI=1S/2C16H24F2N.2C5H5.Ti/c2*1-2-3-4-5-6-7-8-9-12-19-16-11-10-14(17)13-15(16)18;2*1-2-4-5-3-1;/h2*10-11,19H,2-9,12H2,1H3;2*1-5H;/q4*-1;+4. The average Bonchev–Trinajstić information content (AvgIpc) is 3.86. The van der Waals surface area contributed by atoms with Crippen LogP contribution < -0.4 is 10.6 Å². The molecule has 0 heterocycles. The molecule has 0 saturated carbocycles. The van der Waals surface area contributed by atoms with Crippen molar-refractivity contribution < 1.29 is 39.3 Å². The van der Waals surface area contributed by atoms with Gasteiger partial charge in [-0.25, -0.2) is 41.8 Å². The molecule has 0 aromatic heterocycles. The van der Waals surface area contributed by atoms with Crippen molar-refractivity contribution in [1.82, 2.24) is 0 Å². The van der Waals surface area contributed by atoms with Gasteiger partial charge in [0, 0.05) is 36.4 Å². The molecule has 0 unspecified atom stereocenters. The van der Waals surface area contributed by atoms with Crippen LogP contribution in [0.1, 0.15) is 117 Å². The summed E-state index contributed by atoms with van der Waals surface area (Å²) in [6.07, 6.45) is 20.0. The predicted molar refractivity (Wildman–Crippen MR) is 197 cm³/mol. The minimum Gasteiger partial charge on any atom is -0.434 e. The van der Waals surface area contributed by atoms with Crippen molar-refractivity contribution in [3.05, 3.63) is 120 Å². The van der Waals surface area contributed by atoms with E-state index in [1.54, 1.807) is 0 Å². The molecule has 0 aliphatic heterocycles. The van der Waals surface area contributed by atoms with Gasteiger partial charge in [0.1, 0.15) is 0 Å². The molecule has 268 valence electrons. The molecule has 0 atom stereocenters. The third kappa shape index (κ3) is 27.7. The van der Waals surface area contributed by atoms with Gasteiger partial charge in [0.15, 0.2) is 0 Å². The van der Waals surface area contributed by atoms with E-state index in [0.29, 0.717) is 11.4 Å². The van der Waals surface area contributed by atoms with Crippen molar-refractivity contribution in [3.63, 3.8) is 0 Å². The number of rotatable bonds is 20. The molecular formula is C42H58F4N2Ti. The summed E-state index contributed by atoms with van der Waals surface area (Å²) < 4.78 is 51.8. The third-order valence-corrected chi connectivity index (χ3v) is 7.53. The Bertz CT molecular complexity index is 1090. The van der Waals surface area contributed by atoms with Crippen LogP contribution in [0.25, 0.3) is 0 Å². The first-order valence-corrected chi connectivity index (χ1v) is 18.0. The Morgan fingerprint density at radius 1 is 0.469 bits per heavy atom. The van der Waals surface area contributed by atoms with E-state index >= 15 is 0 Å². The molecule has 4 aromatic carbocycles. The summed E-state index contributed by atoms with van der Waals surface area (Å²) in [4.78, 5) is 0. The summed E-state index contributed by atoms with van der Waals surface area (Å²) in [5.41, 5.74) is 0.675. The van der Waals surface area contributed by atoms with E-state index in [1.165, 1.54) is 101 Å². The summed E-state index contributed by atoms with van der Waals surface area (Å²) in [6, 6.07) is 29.3. The Morgan fingerprint density at radius 2 is 0.776 bits per heavy atom. The van der Waals surface area contributed by atoms with Crippen molar-refractivity contribution in [1.29, 1.82) is 0 Å². The van der Waals surface area contributed by atoms with Crippen LogP contribution in [0.4, 0.5) is 28.9 Å². The number of hydrogen-bond acceptors (Lipinski definition) is 2. The largest absolute Gasteiger partial charge is 4.00 e. The fourth-order valence-corrected chi connectivity index (χ4v) is 4.77. The average molecular weight is 715 g/mol. The summed E-state index contributed by atoms with van der Waals surface area (Å²) in [7, 11) is 0. The molecule has 0 radical (unpaired) electrons. The Kier molecular flexibility index (Phi) is 31.7. The van der Waals surface area contributed by atoms with E-state index in [4.69, 9.17) is 0 Å². The monoisotopic (exact) mass is 714 g/mol. The van der Waals surface area contributed by atoms with Crippen molar-refractivity contribution in [2.24, 2.45) is 0 Å². The normalized spacial score (nSPS) is 9.92. The Hall–Kier alpha value is -2.83. The first-order valence-electron chi connectivity index (χ1n) is 18.0. The minimum absolute atomic E-state index is 0. The smallest absolute Gasteiger partial charge is 0.434 e. The molecule has 4 aromatic rings. The topological polar surface area (TPSA) is 24.1 Å². The summed E-state index contributed by atoms with van der Waals surface area (Å²) in [6.45, 7) is 5.89. The maximum atomic E-state index is 13.2. The molecular weight excluding hydrogens is 656 g/mol. The van der Waals surface area contributed by atoms with Crippen LogP contribution in [-0.4, -0.2) is 13.1 Å². The van der Waals surface area contributed by atoms with Gasteiger partial charge in [-0.2, -0.15) is 36.4 Å². The minimum atomic E-state index is -0.657. The molecule has 4 rings (SSSR count). The maximum absolute atomic E-state index is 13.2. The maximum Gasteiger partial charge on any atom is 4.00 e. The number of nitrogens with one attached hydrogen (secondary N) is 2.